The van der Waals surface area contributed by atoms with Crippen LogP contribution in [0.5, 0.6) is 5.75 Å². The number of nitrogens with one attached hydrogen (secondary N) is 2. The Labute approximate surface area is 319 Å². The second kappa shape index (κ2) is 15.7. The molecule has 0 fully saturated rings. The number of hydrogen-bond acceptors (Lipinski definition) is 7. The Morgan fingerprint density at radius 2 is 1.65 bits per heavy atom. The molecule has 2 amide bonds. The molecule has 0 saturated heterocycles. The third-order valence-electron chi connectivity index (χ3n) is 9.65. The van der Waals surface area contributed by atoms with Crippen molar-refractivity contribution >= 4 is 69.8 Å². The van der Waals surface area contributed by atoms with Crippen LogP contribution in [0.15, 0.2) is 78.2 Å². The fourth-order valence-electron chi connectivity index (χ4n) is 5.63. The maximum absolute atomic E-state index is 13.7. The Balaban J connectivity index is 1.36. The van der Waals surface area contributed by atoms with E-state index in [-0.39, 0.29) is 49.3 Å². The molecule has 5 rings (SSSR count). The molecule has 0 aliphatic carbocycles. The fraction of sp³-hybridized carbons (Fsp3) is 0.359. The number of nitrogens with zero attached hydrogens (tertiary/aromatic N) is 4. The van der Waals surface area contributed by atoms with E-state index in [0.29, 0.717) is 23.4 Å². The molecule has 0 bridgehead atoms. The van der Waals surface area contributed by atoms with Gasteiger partial charge in [-0.05, 0) is 78.1 Å². The Morgan fingerprint density at radius 1 is 0.962 bits per heavy atom. The lowest BCUT2D eigenvalue weighted by atomic mass is 9.76. The van der Waals surface area contributed by atoms with Crippen molar-refractivity contribution in [3.05, 3.63) is 105 Å². The van der Waals surface area contributed by atoms with E-state index in [1.54, 1.807) is 36.5 Å². The number of halogens is 3. The number of anilines is 2. The Bertz CT molecular complexity index is 1990. The number of carbonyl (C=O) groups excluding carboxylic acids is 2. The van der Waals surface area contributed by atoms with Gasteiger partial charge in [0.05, 0.1) is 10.0 Å². The monoisotopic (exact) mass is 764 g/mol. The summed E-state index contributed by atoms with van der Waals surface area (Å²) < 4.78 is 13.7. The standard InChI is InChI=1S/C39H43Cl3N6O4/c1-8-30(51-31-16-15-24(38(4,5)9-2)20-27(31)39(6,7)10-3)35(49)45-26-14-11-13-23(19-26)34(43)52-36-33(47-18-12-17-44-47)37(50)48(46-36)32-28(41)21-25(40)22-29(32)42/h11-22,30,33,43H,8-10H2,1-7H3,(H,45,49). The van der Waals surface area contributed by atoms with E-state index in [1.165, 1.54) is 28.6 Å². The summed E-state index contributed by atoms with van der Waals surface area (Å²) in [6.45, 7) is 15.1. The molecular formula is C39H43Cl3N6O4. The van der Waals surface area contributed by atoms with Gasteiger partial charge in [-0.1, -0.05) is 101 Å². The van der Waals surface area contributed by atoms with Crippen LogP contribution in [-0.4, -0.2) is 39.5 Å². The number of aromatic nitrogens is 2. The zero-order valence-corrected chi connectivity index (χ0v) is 32.5. The Morgan fingerprint density at radius 3 is 2.27 bits per heavy atom. The van der Waals surface area contributed by atoms with Gasteiger partial charge in [0.25, 0.3) is 11.8 Å². The molecule has 4 aromatic rings. The van der Waals surface area contributed by atoms with Crippen molar-refractivity contribution in [3.63, 3.8) is 0 Å². The van der Waals surface area contributed by atoms with E-state index in [9.17, 15) is 9.59 Å². The SMILES string of the molecule is CCC(Oc1ccc(C(C)(C)CC)cc1C(C)(C)CC)C(=O)Nc1cccc(C(=N)OC2=NN(c3c(Cl)cc(Cl)cc3Cl)C(=O)C2n2cccn2)c1. The van der Waals surface area contributed by atoms with Gasteiger partial charge in [0, 0.05) is 34.2 Å². The summed E-state index contributed by atoms with van der Waals surface area (Å²) in [6, 6.07) is 16.3. The molecule has 52 heavy (non-hydrogen) atoms. The number of amides is 2. The highest BCUT2D eigenvalue weighted by Gasteiger charge is 2.42. The summed E-state index contributed by atoms with van der Waals surface area (Å²) in [5.41, 5.74) is 2.99. The van der Waals surface area contributed by atoms with Crippen LogP contribution in [0.4, 0.5) is 11.4 Å². The lowest BCUT2D eigenvalue weighted by Crippen LogP contribution is -2.33. The first-order chi connectivity index (χ1) is 24.6. The lowest BCUT2D eigenvalue weighted by molar-refractivity contribution is -0.123. The van der Waals surface area contributed by atoms with Gasteiger partial charge >= 0.3 is 0 Å². The first kappa shape index (κ1) is 38.8. The van der Waals surface area contributed by atoms with Gasteiger partial charge in [0.1, 0.15) is 11.4 Å². The molecule has 274 valence electrons. The normalized spacial score (nSPS) is 15.3. The van der Waals surface area contributed by atoms with Gasteiger partial charge in [-0.25, -0.2) is 0 Å². The number of ether oxygens (including phenoxy) is 2. The first-order valence-corrected chi connectivity index (χ1v) is 18.3. The number of benzene rings is 3. The largest absolute Gasteiger partial charge is 0.480 e. The van der Waals surface area contributed by atoms with Crippen LogP contribution in [0.1, 0.15) is 90.5 Å². The molecule has 3 aromatic carbocycles. The number of carbonyl (C=O) groups is 2. The summed E-state index contributed by atoms with van der Waals surface area (Å²) in [4.78, 5) is 27.3. The van der Waals surface area contributed by atoms with E-state index in [1.807, 2.05) is 13.0 Å². The first-order valence-electron chi connectivity index (χ1n) is 17.2. The lowest BCUT2D eigenvalue weighted by Gasteiger charge is -2.31. The van der Waals surface area contributed by atoms with Crippen LogP contribution in [0.25, 0.3) is 0 Å². The highest BCUT2D eigenvalue weighted by molar-refractivity contribution is 6.42. The summed E-state index contributed by atoms with van der Waals surface area (Å²) in [7, 11) is 0. The molecule has 0 saturated carbocycles. The molecule has 0 spiro atoms. The Hall–Kier alpha value is -4.38. The second-order valence-electron chi connectivity index (χ2n) is 13.9. The van der Waals surface area contributed by atoms with Crippen LogP contribution in [0, 0.1) is 5.41 Å². The molecule has 2 atom stereocenters. The van der Waals surface area contributed by atoms with Gasteiger partial charge in [-0.15, -0.1) is 5.10 Å². The minimum absolute atomic E-state index is 0.00141. The molecule has 2 unspecified atom stereocenters. The van der Waals surface area contributed by atoms with Crippen molar-refractivity contribution in [2.24, 2.45) is 5.10 Å². The quantitative estimate of drug-likeness (QED) is 0.110. The predicted octanol–water partition coefficient (Wildman–Crippen LogP) is 9.96. The third-order valence-corrected chi connectivity index (χ3v) is 10.4. The summed E-state index contributed by atoms with van der Waals surface area (Å²) in [5.74, 6) is -0.656. The summed E-state index contributed by atoms with van der Waals surface area (Å²) in [6.07, 6.45) is 4.63. The van der Waals surface area contributed by atoms with Gasteiger partial charge in [-0.2, -0.15) is 10.1 Å². The van der Waals surface area contributed by atoms with Gasteiger partial charge in [0.2, 0.25) is 17.8 Å². The van der Waals surface area contributed by atoms with Crippen molar-refractivity contribution in [1.29, 1.82) is 5.41 Å². The zero-order chi connectivity index (χ0) is 38.0. The fourth-order valence-corrected chi connectivity index (χ4v) is 6.61. The minimum atomic E-state index is -1.15. The average Bonchev–Trinajstić information content (AvgIpc) is 3.74. The third kappa shape index (κ3) is 8.14. The van der Waals surface area contributed by atoms with E-state index in [2.05, 4.69) is 69.2 Å². The van der Waals surface area contributed by atoms with Crippen molar-refractivity contribution in [3.8, 4) is 5.75 Å². The average molecular weight is 766 g/mol. The topological polar surface area (TPSA) is 122 Å². The molecule has 1 aliphatic heterocycles. The van der Waals surface area contributed by atoms with E-state index in [0.717, 1.165) is 23.4 Å². The zero-order valence-electron chi connectivity index (χ0n) is 30.3. The molecule has 2 heterocycles. The maximum Gasteiger partial charge on any atom is 0.282 e. The predicted molar refractivity (Wildman–Crippen MR) is 208 cm³/mol. The number of hydrazone groups is 1. The van der Waals surface area contributed by atoms with E-state index in [4.69, 9.17) is 49.7 Å². The van der Waals surface area contributed by atoms with Crippen molar-refractivity contribution in [2.45, 2.75) is 90.7 Å². The van der Waals surface area contributed by atoms with E-state index >= 15 is 0 Å². The van der Waals surface area contributed by atoms with Crippen molar-refractivity contribution in [1.82, 2.24) is 9.78 Å². The van der Waals surface area contributed by atoms with Crippen molar-refractivity contribution < 1.29 is 19.1 Å². The van der Waals surface area contributed by atoms with Gasteiger partial charge < -0.3 is 14.8 Å². The molecule has 13 heteroatoms. The molecule has 0 radical (unpaired) electrons. The van der Waals surface area contributed by atoms with Crippen LogP contribution in [0.3, 0.4) is 0 Å². The molecule has 1 aliphatic rings. The second-order valence-corrected chi connectivity index (χ2v) is 15.1. The van der Waals surface area contributed by atoms with Crippen LogP contribution in [0.2, 0.25) is 15.1 Å². The number of hydrogen-bond donors (Lipinski definition) is 2. The Kier molecular flexibility index (Phi) is 11.7. The maximum atomic E-state index is 13.7. The van der Waals surface area contributed by atoms with E-state index < -0.39 is 18.1 Å². The van der Waals surface area contributed by atoms with Gasteiger partial charge in [0.15, 0.2) is 6.10 Å². The summed E-state index contributed by atoms with van der Waals surface area (Å²) in [5, 5.41) is 21.8. The molecule has 1 aromatic heterocycles. The van der Waals surface area contributed by atoms with Crippen LogP contribution >= 0.6 is 34.8 Å². The highest BCUT2D eigenvalue weighted by atomic mass is 35.5. The molecular weight excluding hydrogens is 723 g/mol. The molecule has 2 N–H and O–H groups in total. The number of rotatable bonds is 12. The van der Waals surface area contributed by atoms with Crippen LogP contribution < -0.4 is 15.1 Å². The highest BCUT2D eigenvalue weighted by Crippen LogP contribution is 2.41. The van der Waals surface area contributed by atoms with Gasteiger partial charge in [-0.3, -0.25) is 19.7 Å². The summed E-state index contributed by atoms with van der Waals surface area (Å²) >= 11 is 18.9. The minimum Gasteiger partial charge on any atom is -0.480 e. The smallest absolute Gasteiger partial charge is 0.282 e. The molecule has 10 nitrogen and oxygen atoms in total. The van der Waals surface area contributed by atoms with Crippen molar-refractivity contribution in [2.75, 3.05) is 10.3 Å². The van der Waals surface area contributed by atoms with Crippen LogP contribution in [-0.2, 0) is 25.2 Å².